The van der Waals surface area contributed by atoms with Gasteiger partial charge in [0.25, 0.3) is 5.91 Å². The molecule has 2 heterocycles. The minimum Gasteiger partial charge on any atom is -0.459 e. The first-order valence-corrected chi connectivity index (χ1v) is 10.8. The van der Waals surface area contributed by atoms with Crippen LogP contribution in [0.1, 0.15) is 47.5 Å². The Labute approximate surface area is 182 Å². The van der Waals surface area contributed by atoms with E-state index in [9.17, 15) is 9.59 Å². The quantitative estimate of drug-likeness (QED) is 0.637. The molecule has 4 rings (SSSR count). The summed E-state index contributed by atoms with van der Waals surface area (Å²) in [7, 11) is 0. The van der Waals surface area contributed by atoms with E-state index in [2.05, 4.69) is 45.9 Å². The summed E-state index contributed by atoms with van der Waals surface area (Å²) in [5, 5.41) is 8.53. The standard InChI is InChI=1S/C25H29N3O3/c1-17-11-14-31-24(17)25(30)27-22-9-12-28(13-10-22)16-23(29)26-18(2)20-8-7-19-5-3-4-6-21(19)15-20/h3-8,11,14-15,18,22H,9-10,12-13,16H2,1-2H3,(H,26,29)(H,27,30). The number of benzene rings is 2. The second kappa shape index (κ2) is 9.35. The van der Waals surface area contributed by atoms with E-state index >= 15 is 0 Å². The van der Waals surface area contributed by atoms with Gasteiger partial charge in [0.15, 0.2) is 5.76 Å². The van der Waals surface area contributed by atoms with Crippen LogP contribution in [-0.2, 0) is 4.79 Å². The van der Waals surface area contributed by atoms with E-state index in [1.807, 2.05) is 26.0 Å². The number of hydrogen-bond donors (Lipinski definition) is 2. The fourth-order valence-corrected chi connectivity index (χ4v) is 4.14. The van der Waals surface area contributed by atoms with Crippen molar-refractivity contribution in [2.45, 2.75) is 38.8 Å². The maximum Gasteiger partial charge on any atom is 0.287 e. The maximum atomic E-state index is 12.6. The Hall–Kier alpha value is -3.12. The van der Waals surface area contributed by atoms with Gasteiger partial charge in [0.05, 0.1) is 18.8 Å². The Kier molecular flexibility index (Phi) is 6.37. The van der Waals surface area contributed by atoms with E-state index in [0.29, 0.717) is 12.3 Å². The Morgan fingerprint density at radius 1 is 1.10 bits per heavy atom. The third-order valence-electron chi connectivity index (χ3n) is 6.01. The fraction of sp³-hybridized carbons (Fsp3) is 0.360. The van der Waals surface area contributed by atoms with Gasteiger partial charge in [0.1, 0.15) is 0 Å². The molecule has 0 spiro atoms. The van der Waals surface area contributed by atoms with Crippen LogP contribution in [-0.4, -0.2) is 42.4 Å². The molecular formula is C25H29N3O3. The van der Waals surface area contributed by atoms with Crippen molar-refractivity contribution in [2.24, 2.45) is 0 Å². The lowest BCUT2D eigenvalue weighted by Gasteiger charge is -2.32. The minimum absolute atomic E-state index is 0.0226. The predicted octanol–water partition coefficient (Wildman–Crippen LogP) is 3.81. The molecule has 1 unspecified atom stereocenters. The molecule has 31 heavy (non-hydrogen) atoms. The number of carbonyl (C=O) groups is 2. The van der Waals surface area contributed by atoms with Crippen LogP contribution in [0.2, 0.25) is 0 Å². The smallest absolute Gasteiger partial charge is 0.287 e. The summed E-state index contributed by atoms with van der Waals surface area (Å²) in [6.07, 6.45) is 3.17. The highest BCUT2D eigenvalue weighted by Gasteiger charge is 2.24. The fourth-order valence-electron chi connectivity index (χ4n) is 4.14. The monoisotopic (exact) mass is 419 g/mol. The number of likely N-dealkylation sites (tertiary alicyclic amines) is 1. The van der Waals surface area contributed by atoms with Gasteiger partial charge in [0, 0.05) is 24.7 Å². The lowest BCUT2D eigenvalue weighted by Crippen LogP contribution is -2.47. The molecule has 2 aromatic carbocycles. The van der Waals surface area contributed by atoms with Crippen LogP contribution < -0.4 is 10.6 Å². The molecule has 2 N–H and O–H groups in total. The second-order valence-corrected chi connectivity index (χ2v) is 8.35. The van der Waals surface area contributed by atoms with Crippen LogP contribution in [0, 0.1) is 6.92 Å². The van der Waals surface area contributed by atoms with Gasteiger partial charge in [-0.3, -0.25) is 14.5 Å². The van der Waals surface area contributed by atoms with Crippen LogP contribution in [0.4, 0.5) is 0 Å². The van der Waals surface area contributed by atoms with Gasteiger partial charge in [0.2, 0.25) is 5.91 Å². The van der Waals surface area contributed by atoms with E-state index in [1.54, 1.807) is 6.07 Å². The van der Waals surface area contributed by atoms with Crippen molar-refractivity contribution >= 4 is 22.6 Å². The van der Waals surface area contributed by atoms with Crippen molar-refractivity contribution in [2.75, 3.05) is 19.6 Å². The highest BCUT2D eigenvalue weighted by Crippen LogP contribution is 2.20. The number of piperidine rings is 1. The molecule has 6 nitrogen and oxygen atoms in total. The zero-order valence-electron chi connectivity index (χ0n) is 18.1. The lowest BCUT2D eigenvalue weighted by molar-refractivity contribution is -0.123. The number of furan rings is 1. The molecule has 0 saturated carbocycles. The van der Waals surface area contributed by atoms with Gasteiger partial charge in [-0.2, -0.15) is 0 Å². The first kappa shape index (κ1) is 21.1. The minimum atomic E-state index is -0.164. The molecule has 6 heteroatoms. The molecule has 1 atom stereocenters. The molecular weight excluding hydrogens is 390 g/mol. The average Bonchev–Trinajstić information content (AvgIpc) is 3.20. The highest BCUT2D eigenvalue weighted by molar-refractivity contribution is 5.93. The van der Waals surface area contributed by atoms with E-state index in [-0.39, 0.29) is 23.9 Å². The summed E-state index contributed by atoms with van der Waals surface area (Å²) >= 11 is 0. The first-order valence-electron chi connectivity index (χ1n) is 10.8. The predicted molar refractivity (Wildman–Crippen MR) is 121 cm³/mol. The molecule has 1 fully saturated rings. The summed E-state index contributed by atoms with van der Waals surface area (Å²) in [5.41, 5.74) is 1.94. The highest BCUT2D eigenvalue weighted by atomic mass is 16.3. The summed E-state index contributed by atoms with van der Waals surface area (Å²) in [6.45, 7) is 5.80. The van der Waals surface area contributed by atoms with Crippen LogP contribution in [0.3, 0.4) is 0 Å². The second-order valence-electron chi connectivity index (χ2n) is 8.35. The SMILES string of the molecule is Cc1ccoc1C(=O)NC1CCN(CC(=O)NC(C)c2ccc3ccccc3c2)CC1. The zero-order valence-corrected chi connectivity index (χ0v) is 18.1. The van der Waals surface area contributed by atoms with Crippen molar-refractivity contribution in [3.8, 4) is 0 Å². The lowest BCUT2D eigenvalue weighted by atomic mass is 10.0. The van der Waals surface area contributed by atoms with Gasteiger partial charge < -0.3 is 15.1 Å². The number of nitrogens with one attached hydrogen (secondary N) is 2. The third-order valence-corrected chi connectivity index (χ3v) is 6.01. The topological polar surface area (TPSA) is 74.6 Å². The van der Waals surface area contributed by atoms with Gasteiger partial charge in [-0.25, -0.2) is 0 Å². The first-order chi connectivity index (χ1) is 15.0. The molecule has 0 radical (unpaired) electrons. The average molecular weight is 420 g/mol. The number of aryl methyl sites for hydroxylation is 1. The number of nitrogens with zero attached hydrogens (tertiary/aromatic N) is 1. The Morgan fingerprint density at radius 2 is 1.84 bits per heavy atom. The summed E-state index contributed by atoms with van der Waals surface area (Å²) in [5.74, 6) is 0.238. The molecule has 1 aromatic heterocycles. The normalized spacial score (nSPS) is 16.2. The van der Waals surface area contributed by atoms with E-state index in [4.69, 9.17) is 4.42 Å². The largest absolute Gasteiger partial charge is 0.459 e. The molecule has 1 aliphatic rings. The van der Waals surface area contributed by atoms with E-state index in [1.165, 1.54) is 17.0 Å². The van der Waals surface area contributed by atoms with Gasteiger partial charge in [-0.05, 0) is 55.2 Å². The number of hydrogen-bond acceptors (Lipinski definition) is 4. The summed E-state index contributed by atoms with van der Waals surface area (Å²) < 4.78 is 5.26. The van der Waals surface area contributed by atoms with E-state index in [0.717, 1.165) is 37.1 Å². The van der Waals surface area contributed by atoms with Crippen LogP contribution in [0.15, 0.2) is 59.2 Å². The number of amides is 2. The molecule has 0 bridgehead atoms. The number of fused-ring (bicyclic) bond motifs is 1. The summed E-state index contributed by atoms with van der Waals surface area (Å²) in [4.78, 5) is 27.0. The molecule has 3 aromatic rings. The molecule has 1 aliphatic heterocycles. The van der Waals surface area contributed by atoms with Gasteiger partial charge in [-0.1, -0.05) is 36.4 Å². The molecule has 1 saturated heterocycles. The van der Waals surface area contributed by atoms with Crippen LogP contribution >= 0.6 is 0 Å². The Balaban J connectivity index is 1.24. The molecule has 0 aliphatic carbocycles. The number of carbonyl (C=O) groups excluding carboxylic acids is 2. The molecule has 162 valence electrons. The van der Waals surface area contributed by atoms with Crippen molar-refractivity contribution in [1.29, 1.82) is 0 Å². The van der Waals surface area contributed by atoms with Crippen LogP contribution in [0.5, 0.6) is 0 Å². The molecule has 2 amide bonds. The van der Waals surface area contributed by atoms with Crippen molar-refractivity contribution in [3.05, 3.63) is 71.7 Å². The van der Waals surface area contributed by atoms with Crippen LogP contribution in [0.25, 0.3) is 10.8 Å². The van der Waals surface area contributed by atoms with Crippen molar-refractivity contribution in [3.63, 3.8) is 0 Å². The van der Waals surface area contributed by atoms with Gasteiger partial charge in [-0.15, -0.1) is 0 Å². The van der Waals surface area contributed by atoms with Crippen molar-refractivity contribution in [1.82, 2.24) is 15.5 Å². The van der Waals surface area contributed by atoms with Gasteiger partial charge >= 0.3 is 0 Å². The Bertz CT molecular complexity index is 1070. The maximum absolute atomic E-state index is 12.6. The zero-order chi connectivity index (χ0) is 21.8. The van der Waals surface area contributed by atoms with E-state index < -0.39 is 0 Å². The number of rotatable bonds is 6. The van der Waals surface area contributed by atoms with Crippen molar-refractivity contribution < 1.29 is 14.0 Å². The summed E-state index contributed by atoms with van der Waals surface area (Å²) in [6, 6.07) is 16.4. The Morgan fingerprint density at radius 3 is 2.55 bits per heavy atom. The third kappa shape index (κ3) is 5.14.